The number of ether oxygens (including phenoxy) is 2. The molecule has 2 unspecified atom stereocenters. The molecular weight excluding hydrogens is 521 g/mol. The van der Waals surface area contributed by atoms with Crippen molar-refractivity contribution in [1.82, 2.24) is 10.2 Å². The molecule has 5 rings (SSSR count). The lowest BCUT2D eigenvalue weighted by molar-refractivity contribution is 0.0511. The molecule has 1 N–H and O–H groups in total. The number of hydrogen-bond acceptors (Lipinski definition) is 7. The number of likely N-dealkylation sites (tertiary alicyclic amines) is 1. The van der Waals surface area contributed by atoms with Gasteiger partial charge in [0.1, 0.15) is 11.6 Å². The Morgan fingerprint density at radius 1 is 1.08 bits per heavy atom. The summed E-state index contributed by atoms with van der Waals surface area (Å²) >= 11 is 6.16. The lowest BCUT2D eigenvalue weighted by Crippen LogP contribution is -2.55. The van der Waals surface area contributed by atoms with Gasteiger partial charge in [-0.1, -0.05) is 11.6 Å². The molecule has 2 aromatic rings. The number of amides is 1. The van der Waals surface area contributed by atoms with E-state index in [1.807, 2.05) is 0 Å². The van der Waals surface area contributed by atoms with Crippen molar-refractivity contribution in [2.24, 2.45) is 0 Å². The molecule has 3 aliphatic heterocycles. The van der Waals surface area contributed by atoms with Crippen LogP contribution in [-0.4, -0.2) is 76.6 Å². The zero-order chi connectivity index (χ0) is 26.2. The number of carbonyl (C=O) groups is 1. The molecular formula is C26H31ClFN3O5S. The first-order valence-corrected chi connectivity index (χ1v) is 14.4. The van der Waals surface area contributed by atoms with Crippen LogP contribution in [0.25, 0.3) is 0 Å². The number of nitrogens with one attached hydrogen (secondary N) is 1. The molecule has 2 aromatic carbocycles. The summed E-state index contributed by atoms with van der Waals surface area (Å²) in [6.07, 6.45) is 2.86. The summed E-state index contributed by atoms with van der Waals surface area (Å²) in [6.45, 7) is 2.29. The second-order valence-electron chi connectivity index (χ2n) is 9.80. The molecule has 2 bridgehead atoms. The summed E-state index contributed by atoms with van der Waals surface area (Å²) in [5.74, 6) is -0.182. The maximum Gasteiger partial charge on any atom is 0.255 e. The van der Waals surface area contributed by atoms with E-state index in [2.05, 4.69) is 10.2 Å². The zero-order valence-electron chi connectivity index (χ0n) is 20.7. The summed E-state index contributed by atoms with van der Waals surface area (Å²) < 4.78 is 51.4. The minimum absolute atomic E-state index is 0.0244. The highest BCUT2D eigenvalue weighted by Crippen LogP contribution is 2.42. The fourth-order valence-corrected chi connectivity index (χ4v) is 7.74. The van der Waals surface area contributed by atoms with Gasteiger partial charge in [0.05, 0.1) is 26.4 Å². The van der Waals surface area contributed by atoms with Crippen LogP contribution >= 0.6 is 11.6 Å². The van der Waals surface area contributed by atoms with Gasteiger partial charge in [-0.15, -0.1) is 0 Å². The van der Waals surface area contributed by atoms with Gasteiger partial charge in [-0.2, -0.15) is 0 Å². The van der Waals surface area contributed by atoms with Crippen molar-refractivity contribution in [2.45, 2.75) is 47.9 Å². The lowest BCUT2D eigenvalue weighted by atomic mass is 10.1. The van der Waals surface area contributed by atoms with E-state index in [0.29, 0.717) is 50.5 Å². The number of sulfone groups is 1. The fourth-order valence-electron chi connectivity index (χ4n) is 5.71. The first kappa shape index (κ1) is 26.2. The number of piperazine rings is 1. The van der Waals surface area contributed by atoms with Crippen molar-refractivity contribution < 1.29 is 27.1 Å². The summed E-state index contributed by atoms with van der Waals surface area (Å²) in [5, 5.41) is 2.89. The number of hydrogen-bond donors (Lipinski definition) is 1. The molecule has 0 saturated carbocycles. The highest BCUT2D eigenvalue weighted by Gasteiger charge is 2.43. The van der Waals surface area contributed by atoms with Crippen LogP contribution in [0.3, 0.4) is 0 Å². The molecule has 200 valence electrons. The standard InChI is InChI=1S/C26H31ClFN3O5S/c1-35-16-36-25-7-5-21(37(33,34)20-8-10-29-11-9-20)13-24(25)31-18-3-4-19(31)15-30(14-18)26(32)22-6-2-17(28)12-23(22)27/h2,5-7,12-13,18-20,29H,3-4,8-11,14-16H2,1H3. The van der Waals surface area contributed by atoms with Gasteiger partial charge in [0.25, 0.3) is 5.91 Å². The van der Waals surface area contributed by atoms with E-state index in [-0.39, 0.29) is 40.3 Å². The van der Waals surface area contributed by atoms with E-state index < -0.39 is 20.9 Å². The molecule has 37 heavy (non-hydrogen) atoms. The first-order chi connectivity index (χ1) is 17.8. The molecule has 3 aliphatic rings. The van der Waals surface area contributed by atoms with Crippen LogP contribution < -0.4 is 15.0 Å². The quantitative estimate of drug-likeness (QED) is 0.527. The number of nitrogens with zero attached hydrogens (tertiary/aromatic N) is 2. The third-order valence-corrected chi connectivity index (χ3v) is 10.1. The van der Waals surface area contributed by atoms with Gasteiger partial charge in [0.2, 0.25) is 0 Å². The van der Waals surface area contributed by atoms with Crippen LogP contribution in [-0.2, 0) is 14.6 Å². The number of halogens is 2. The van der Waals surface area contributed by atoms with Gasteiger partial charge in [-0.3, -0.25) is 4.79 Å². The molecule has 3 heterocycles. The van der Waals surface area contributed by atoms with Crippen LogP contribution in [0.4, 0.5) is 10.1 Å². The van der Waals surface area contributed by atoms with Gasteiger partial charge >= 0.3 is 0 Å². The normalized spacial score (nSPS) is 22.4. The predicted octanol–water partition coefficient (Wildman–Crippen LogP) is 3.48. The lowest BCUT2D eigenvalue weighted by Gasteiger charge is -2.43. The van der Waals surface area contributed by atoms with E-state index in [4.69, 9.17) is 21.1 Å². The van der Waals surface area contributed by atoms with Crippen molar-refractivity contribution in [1.29, 1.82) is 0 Å². The van der Waals surface area contributed by atoms with E-state index >= 15 is 0 Å². The average molecular weight is 552 g/mol. The molecule has 0 aromatic heterocycles. The molecule has 1 amide bonds. The molecule has 0 radical (unpaired) electrons. The molecule has 11 heteroatoms. The molecule has 0 spiro atoms. The number of anilines is 1. The summed E-state index contributed by atoms with van der Waals surface area (Å²) in [7, 11) is -1.97. The van der Waals surface area contributed by atoms with Gasteiger partial charge in [-0.25, -0.2) is 12.8 Å². The van der Waals surface area contributed by atoms with Crippen molar-refractivity contribution >= 4 is 33.0 Å². The van der Waals surface area contributed by atoms with Crippen LogP contribution in [0.1, 0.15) is 36.0 Å². The van der Waals surface area contributed by atoms with Crippen LogP contribution in [0.15, 0.2) is 41.3 Å². The van der Waals surface area contributed by atoms with Crippen molar-refractivity contribution in [3.8, 4) is 5.75 Å². The van der Waals surface area contributed by atoms with E-state index in [1.54, 1.807) is 23.1 Å². The Bertz CT molecular complexity index is 1260. The van der Waals surface area contributed by atoms with E-state index in [9.17, 15) is 17.6 Å². The summed E-state index contributed by atoms with van der Waals surface area (Å²) in [6, 6.07) is 8.79. The van der Waals surface area contributed by atoms with Crippen LogP contribution in [0.2, 0.25) is 5.02 Å². The van der Waals surface area contributed by atoms with Crippen LogP contribution in [0, 0.1) is 5.82 Å². The predicted molar refractivity (Wildman–Crippen MR) is 139 cm³/mol. The number of benzene rings is 2. The zero-order valence-corrected chi connectivity index (χ0v) is 22.2. The highest BCUT2D eigenvalue weighted by atomic mass is 35.5. The summed E-state index contributed by atoms with van der Waals surface area (Å²) in [5.41, 5.74) is 0.974. The Morgan fingerprint density at radius 2 is 1.78 bits per heavy atom. The van der Waals surface area contributed by atoms with Gasteiger partial charge in [0, 0.05) is 32.3 Å². The smallest absolute Gasteiger partial charge is 0.255 e. The maximum absolute atomic E-state index is 13.5. The highest BCUT2D eigenvalue weighted by molar-refractivity contribution is 7.92. The molecule has 2 atom stereocenters. The Morgan fingerprint density at radius 3 is 2.43 bits per heavy atom. The Kier molecular flexibility index (Phi) is 7.63. The second kappa shape index (κ2) is 10.8. The average Bonchev–Trinajstić information content (AvgIpc) is 3.15. The Hall–Kier alpha value is -2.40. The molecule has 3 saturated heterocycles. The fraction of sp³-hybridized carbons (Fsp3) is 0.500. The number of carbonyl (C=O) groups excluding carboxylic acids is 1. The van der Waals surface area contributed by atoms with E-state index in [0.717, 1.165) is 18.9 Å². The Balaban J connectivity index is 1.44. The van der Waals surface area contributed by atoms with Gasteiger partial charge < -0.3 is 24.6 Å². The largest absolute Gasteiger partial charge is 0.465 e. The maximum atomic E-state index is 13.5. The molecule has 0 aliphatic carbocycles. The van der Waals surface area contributed by atoms with E-state index in [1.165, 1.54) is 19.2 Å². The van der Waals surface area contributed by atoms with Crippen molar-refractivity contribution in [2.75, 3.05) is 45.0 Å². The number of rotatable bonds is 7. The third kappa shape index (κ3) is 5.16. The molecule has 3 fully saturated rings. The SMILES string of the molecule is COCOc1ccc(S(=O)(=O)C2CCNCC2)cc1N1C2CCC1CN(C(=O)c1ccc(F)cc1Cl)C2. The minimum Gasteiger partial charge on any atom is -0.465 e. The monoisotopic (exact) mass is 551 g/mol. The van der Waals surface area contributed by atoms with Gasteiger partial charge in [-0.05, 0) is 75.2 Å². The van der Waals surface area contributed by atoms with Crippen molar-refractivity contribution in [3.63, 3.8) is 0 Å². The topological polar surface area (TPSA) is 88.2 Å². The van der Waals surface area contributed by atoms with Gasteiger partial charge in [0.15, 0.2) is 16.6 Å². The second-order valence-corrected chi connectivity index (χ2v) is 12.4. The summed E-state index contributed by atoms with van der Waals surface area (Å²) in [4.78, 5) is 17.5. The number of piperidine rings is 1. The van der Waals surface area contributed by atoms with Crippen molar-refractivity contribution in [3.05, 3.63) is 52.8 Å². The third-order valence-electron chi connectivity index (χ3n) is 7.53. The molecule has 8 nitrogen and oxygen atoms in total. The first-order valence-electron chi connectivity index (χ1n) is 12.5. The number of fused-ring (bicyclic) bond motifs is 2. The number of methoxy groups -OCH3 is 1. The minimum atomic E-state index is -3.51. The van der Waals surface area contributed by atoms with Crippen LogP contribution in [0.5, 0.6) is 5.75 Å². The Labute approximate surface area is 221 Å².